The molecule has 0 aliphatic carbocycles. The van der Waals surface area contributed by atoms with Crippen LogP contribution < -0.4 is 0 Å². The first-order chi connectivity index (χ1) is 11.9. The monoisotopic (exact) mass is 360 g/mol. The highest BCUT2D eigenvalue weighted by molar-refractivity contribution is 7.89. The number of sulfonamides is 1. The number of benzene rings is 1. The lowest BCUT2D eigenvalue weighted by Gasteiger charge is -2.15. The van der Waals surface area contributed by atoms with Crippen molar-refractivity contribution < 1.29 is 12.9 Å². The maximum absolute atomic E-state index is 12.7. The molecule has 2 aromatic heterocycles. The zero-order valence-corrected chi connectivity index (χ0v) is 15.2. The molecule has 0 radical (unpaired) electrons. The van der Waals surface area contributed by atoms with Crippen molar-refractivity contribution in [1.29, 1.82) is 0 Å². The molecule has 0 aliphatic rings. The summed E-state index contributed by atoms with van der Waals surface area (Å²) in [5.41, 5.74) is 2.31. The summed E-state index contributed by atoms with van der Waals surface area (Å²) in [4.78, 5) is 0.131. The molecule has 0 aliphatic heterocycles. The van der Waals surface area contributed by atoms with E-state index in [1.54, 1.807) is 24.7 Å². The molecule has 0 saturated heterocycles. The minimum Gasteiger partial charge on any atom is -0.360 e. The molecule has 3 aromatic rings. The molecule has 0 unspecified atom stereocenters. The summed E-state index contributed by atoms with van der Waals surface area (Å²) in [5.74, 6) is 0.295. The van der Waals surface area contributed by atoms with Crippen LogP contribution in [0.25, 0.3) is 0 Å². The summed E-state index contributed by atoms with van der Waals surface area (Å²) in [5, 5.41) is 8.03. The molecule has 0 saturated carbocycles. The topological polar surface area (TPSA) is 81.2 Å². The molecule has 25 heavy (non-hydrogen) atoms. The Balaban J connectivity index is 1.74. The van der Waals surface area contributed by atoms with Crippen LogP contribution in [-0.2, 0) is 23.1 Å². The maximum Gasteiger partial charge on any atom is 0.248 e. The van der Waals surface area contributed by atoms with Crippen LogP contribution in [0.15, 0.2) is 52.1 Å². The van der Waals surface area contributed by atoms with Crippen molar-refractivity contribution in [2.45, 2.75) is 31.8 Å². The fraction of sp³-hybridized carbons (Fsp3) is 0.294. The van der Waals surface area contributed by atoms with Crippen molar-refractivity contribution in [3.05, 3.63) is 65.3 Å². The number of hydrogen-bond donors (Lipinski definition) is 0. The summed E-state index contributed by atoms with van der Waals surface area (Å²) in [6.45, 7) is 4.08. The van der Waals surface area contributed by atoms with E-state index in [1.165, 1.54) is 11.4 Å². The average molecular weight is 360 g/mol. The first-order valence-corrected chi connectivity index (χ1v) is 9.26. The highest BCUT2D eigenvalue weighted by Crippen LogP contribution is 2.23. The Morgan fingerprint density at radius 3 is 2.52 bits per heavy atom. The predicted molar refractivity (Wildman–Crippen MR) is 92.4 cm³/mol. The Hall–Kier alpha value is -2.45. The van der Waals surface area contributed by atoms with E-state index in [4.69, 9.17) is 4.52 Å². The number of rotatable bonds is 6. The normalized spacial score (nSPS) is 12.0. The van der Waals surface area contributed by atoms with E-state index in [2.05, 4.69) is 10.3 Å². The molecule has 0 amide bonds. The first-order valence-electron chi connectivity index (χ1n) is 7.82. The molecule has 3 rings (SSSR count). The number of nitrogens with zero attached hydrogens (tertiary/aromatic N) is 4. The minimum atomic E-state index is -3.66. The van der Waals surface area contributed by atoms with Crippen LogP contribution in [0.2, 0.25) is 0 Å². The zero-order chi connectivity index (χ0) is 18.0. The molecule has 0 N–H and O–H groups in total. The molecule has 0 spiro atoms. The molecular weight excluding hydrogens is 340 g/mol. The maximum atomic E-state index is 12.7. The highest BCUT2D eigenvalue weighted by Gasteiger charge is 2.28. The Labute approximate surface area is 146 Å². The van der Waals surface area contributed by atoms with Crippen molar-refractivity contribution in [2.75, 3.05) is 7.05 Å². The van der Waals surface area contributed by atoms with Crippen LogP contribution in [-0.4, -0.2) is 34.7 Å². The van der Waals surface area contributed by atoms with Crippen molar-refractivity contribution in [3.63, 3.8) is 0 Å². The van der Waals surface area contributed by atoms with Gasteiger partial charge in [0.25, 0.3) is 0 Å². The lowest BCUT2D eigenvalue weighted by atomic mass is 10.2. The van der Waals surface area contributed by atoms with Crippen molar-refractivity contribution >= 4 is 10.0 Å². The minimum absolute atomic E-state index is 0.131. The second-order valence-corrected chi connectivity index (χ2v) is 7.93. The second-order valence-electron chi connectivity index (χ2n) is 5.95. The molecule has 132 valence electrons. The SMILES string of the molecule is Cc1noc(C)c1S(=O)(=O)N(C)Cc1cnn(Cc2ccccc2)c1. The molecule has 8 heteroatoms. The van der Waals surface area contributed by atoms with Gasteiger partial charge in [0.05, 0.1) is 12.7 Å². The van der Waals surface area contributed by atoms with E-state index in [9.17, 15) is 8.42 Å². The fourth-order valence-electron chi connectivity index (χ4n) is 2.69. The van der Waals surface area contributed by atoms with E-state index >= 15 is 0 Å². The van der Waals surface area contributed by atoms with Crippen LogP contribution in [0.1, 0.15) is 22.6 Å². The van der Waals surface area contributed by atoms with Gasteiger partial charge >= 0.3 is 0 Å². The summed E-state index contributed by atoms with van der Waals surface area (Å²) < 4.78 is 33.5. The third-order valence-corrected chi connectivity index (χ3v) is 5.96. The van der Waals surface area contributed by atoms with Crippen LogP contribution in [0, 0.1) is 13.8 Å². The number of aryl methyl sites for hydroxylation is 2. The zero-order valence-electron chi connectivity index (χ0n) is 14.4. The summed E-state index contributed by atoms with van der Waals surface area (Å²) in [6.07, 6.45) is 3.54. The van der Waals surface area contributed by atoms with E-state index < -0.39 is 10.0 Å². The number of hydrogen-bond acceptors (Lipinski definition) is 5. The van der Waals surface area contributed by atoms with Crippen LogP contribution in [0.3, 0.4) is 0 Å². The van der Waals surface area contributed by atoms with Crippen LogP contribution in [0.5, 0.6) is 0 Å². The van der Waals surface area contributed by atoms with Gasteiger partial charge in [0, 0.05) is 25.4 Å². The van der Waals surface area contributed by atoms with Crippen molar-refractivity contribution in [3.8, 4) is 0 Å². The largest absolute Gasteiger partial charge is 0.360 e. The lowest BCUT2D eigenvalue weighted by molar-refractivity contribution is 0.389. The molecule has 7 nitrogen and oxygen atoms in total. The third-order valence-electron chi connectivity index (χ3n) is 3.92. The average Bonchev–Trinajstić information content (AvgIpc) is 3.14. The Morgan fingerprint density at radius 2 is 1.88 bits per heavy atom. The van der Waals surface area contributed by atoms with Gasteiger partial charge in [-0.1, -0.05) is 35.5 Å². The summed E-state index contributed by atoms with van der Waals surface area (Å²) in [7, 11) is -2.13. The molecule has 0 bridgehead atoms. The highest BCUT2D eigenvalue weighted by atomic mass is 32.2. The van der Waals surface area contributed by atoms with E-state index in [0.717, 1.165) is 11.1 Å². The standard InChI is InChI=1S/C17H20N4O3S/c1-13-17(14(2)24-19-13)25(22,23)20(3)10-16-9-18-21(12-16)11-15-7-5-4-6-8-15/h4-9,12H,10-11H2,1-3H3. The van der Waals surface area contributed by atoms with Crippen LogP contribution >= 0.6 is 0 Å². The van der Waals surface area contributed by atoms with Gasteiger partial charge in [-0.2, -0.15) is 9.40 Å². The van der Waals surface area contributed by atoms with Gasteiger partial charge in [0.2, 0.25) is 10.0 Å². The van der Waals surface area contributed by atoms with Crippen molar-refractivity contribution in [1.82, 2.24) is 19.2 Å². The summed E-state index contributed by atoms with van der Waals surface area (Å²) in [6, 6.07) is 9.96. The van der Waals surface area contributed by atoms with Crippen molar-refractivity contribution in [2.24, 2.45) is 0 Å². The molecule has 1 aromatic carbocycles. The lowest BCUT2D eigenvalue weighted by Crippen LogP contribution is -2.27. The van der Waals surface area contributed by atoms with E-state index in [-0.39, 0.29) is 11.4 Å². The summed E-state index contributed by atoms with van der Waals surface area (Å²) >= 11 is 0. The molecule has 0 fully saturated rings. The first kappa shape index (κ1) is 17.4. The Morgan fingerprint density at radius 1 is 1.16 bits per heavy atom. The van der Waals surface area contributed by atoms with Gasteiger partial charge in [-0.15, -0.1) is 0 Å². The van der Waals surface area contributed by atoms with Gasteiger partial charge in [-0.3, -0.25) is 4.68 Å². The second kappa shape index (κ2) is 6.81. The van der Waals surface area contributed by atoms with Gasteiger partial charge in [0.15, 0.2) is 5.76 Å². The van der Waals surface area contributed by atoms with E-state index in [1.807, 2.05) is 36.5 Å². The smallest absolute Gasteiger partial charge is 0.248 e. The Kier molecular flexibility index (Phi) is 4.73. The predicted octanol–water partition coefficient (Wildman–Crippen LogP) is 2.36. The quantitative estimate of drug-likeness (QED) is 0.674. The van der Waals surface area contributed by atoms with Gasteiger partial charge < -0.3 is 4.52 Å². The molecule has 2 heterocycles. The van der Waals surface area contributed by atoms with Gasteiger partial charge in [-0.25, -0.2) is 8.42 Å². The van der Waals surface area contributed by atoms with E-state index in [0.29, 0.717) is 18.0 Å². The Bertz CT molecular complexity index is 941. The van der Waals surface area contributed by atoms with Gasteiger partial charge in [-0.05, 0) is 19.4 Å². The van der Waals surface area contributed by atoms with Crippen LogP contribution in [0.4, 0.5) is 0 Å². The number of aromatic nitrogens is 3. The third kappa shape index (κ3) is 3.64. The molecule has 0 atom stereocenters. The van der Waals surface area contributed by atoms with Gasteiger partial charge in [0.1, 0.15) is 10.6 Å². The fourth-order valence-corrected chi connectivity index (χ4v) is 4.13. The molecular formula is C17H20N4O3S.